The molecular formula is C12H14ClNO2. The first kappa shape index (κ1) is 12.7. The van der Waals surface area contributed by atoms with E-state index in [1.807, 2.05) is 31.2 Å². The molecule has 0 bridgehead atoms. The van der Waals surface area contributed by atoms with Crippen LogP contribution in [0.5, 0.6) is 0 Å². The zero-order valence-electron chi connectivity index (χ0n) is 8.98. The van der Waals surface area contributed by atoms with Crippen LogP contribution in [0.4, 0.5) is 0 Å². The van der Waals surface area contributed by atoms with Gasteiger partial charge in [0, 0.05) is 23.7 Å². The third kappa shape index (κ3) is 4.47. The first-order chi connectivity index (χ1) is 7.59. The molecule has 0 aromatic heterocycles. The molecule has 0 aliphatic heterocycles. The molecular weight excluding hydrogens is 226 g/mol. The van der Waals surface area contributed by atoms with Crippen LogP contribution >= 0.6 is 11.6 Å². The van der Waals surface area contributed by atoms with Crippen LogP contribution in [0.2, 0.25) is 5.02 Å². The number of carbonyl (C=O) groups is 1. The second-order valence-electron chi connectivity index (χ2n) is 3.43. The van der Waals surface area contributed by atoms with Gasteiger partial charge in [-0.25, -0.2) is 4.79 Å². The molecule has 16 heavy (non-hydrogen) atoms. The van der Waals surface area contributed by atoms with E-state index in [9.17, 15) is 4.79 Å². The van der Waals surface area contributed by atoms with Crippen molar-refractivity contribution in [2.45, 2.75) is 13.0 Å². The van der Waals surface area contributed by atoms with Crippen LogP contribution in [0.3, 0.4) is 0 Å². The molecule has 0 unspecified atom stereocenters. The van der Waals surface area contributed by atoms with E-state index >= 15 is 0 Å². The van der Waals surface area contributed by atoms with Crippen molar-refractivity contribution in [3.63, 3.8) is 0 Å². The van der Waals surface area contributed by atoms with Gasteiger partial charge in [0.1, 0.15) is 0 Å². The van der Waals surface area contributed by atoms with Crippen LogP contribution in [-0.4, -0.2) is 17.6 Å². The van der Waals surface area contributed by atoms with Gasteiger partial charge in [-0.05, 0) is 24.6 Å². The van der Waals surface area contributed by atoms with Gasteiger partial charge < -0.3 is 10.4 Å². The van der Waals surface area contributed by atoms with E-state index in [0.29, 0.717) is 11.6 Å². The van der Waals surface area contributed by atoms with Crippen molar-refractivity contribution >= 4 is 17.6 Å². The zero-order valence-corrected chi connectivity index (χ0v) is 9.74. The Morgan fingerprint density at radius 2 is 2.38 bits per heavy atom. The van der Waals surface area contributed by atoms with Gasteiger partial charge in [-0.3, -0.25) is 0 Å². The number of benzene rings is 1. The second kappa shape index (κ2) is 6.30. The largest absolute Gasteiger partial charge is 0.478 e. The first-order valence-corrected chi connectivity index (χ1v) is 5.35. The fourth-order valence-electron chi connectivity index (χ4n) is 1.30. The van der Waals surface area contributed by atoms with Gasteiger partial charge in [-0.2, -0.15) is 0 Å². The summed E-state index contributed by atoms with van der Waals surface area (Å²) in [4.78, 5) is 10.2. The van der Waals surface area contributed by atoms with Gasteiger partial charge in [0.15, 0.2) is 0 Å². The van der Waals surface area contributed by atoms with Gasteiger partial charge >= 0.3 is 5.97 Å². The van der Waals surface area contributed by atoms with Crippen molar-refractivity contribution in [3.05, 3.63) is 47.0 Å². The Hall–Kier alpha value is -1.32. The van der Waals surface area contributed by atoms with Crippen molar-refractivity contribution in [1.82, 2.24) is 5.32 Å². The van der Waals surface area contributed by atoms with E-state index in [1.165, 1.54) is 0 Å². The predicted octanol–water partition coefficient (Wildman–Crippen LogP) is 2.63. The molecule has 0 saturated heterocycles. The quantitative estimate of drug-likeness (QED) is 0.777. The minimum absolute atomic E-state index is 0.136. The summed E-state index contributed by atoms with van der Waals surface area (Å²) >= 11 is 5.87. The molecule has 1 rings (SSSR count). The lowest BCUT2D eigenvalue weighted by Gasteiger charge is -2.12. The summed E-state index contributed by atoms with van der Waals surface area (Å²) in [7, 11) is 0. The van der Waals surface area contributed by atoms with E-state index in [4.69, 9.17) is 16.7 Å². The topological polar surface area (TPSA) is 49.3 Å². The van der Waals surface area contributed by atoms with Crippen molar-refractivity contribution in [2.24, 2.45) is 0 Å². The third-order valence-electron chi connectivity index (χ3n) is 2.15. The van der Waals surface area contributed by atoms with Crippen molar-refractivity contribution in [2.75, 3.05) is 6.54 Å². The minimum atomic E-state index is -0.933. The lowest BCUT2D eigenvalue weighted by Crippen LogP contribution is -2.18. The zero-order chi connectivity index (χ0) is 12.0. The maximum Gasteiger partial charge on any atom is 0.328 e. The SMILES string of the molecule is C[C@H](NC/C=C/C(=O)O)c1cccc(Cl)c1. The van der Waals surface area contributed by atoms with Crippen molar-refractivity contribution < 1.29 is 9.90 Å². The molecule has 2 N–H and O–H groups in total. The number of hydrogen-bond acceptors (Lipinski definition) is 2. The molecule has 3 nitrogen and oxygen atoms in total. The Morgan fingerprint density at radius 1 is 1.62 bits per heavy atom. The molecule has 0 spiro atoms. The summed E-state index contributed by atoms with van der Waals surface area (Å²) in [6, 6.07) is 7.72. The lowest BCUT2D eigenvalue weighted by molar-refractivity contribution is -0.131. The maximum absolute atomic E-state index is 10.2. The van der Waals surface area contributed by atoms with Crippen molar-refractivity contribution in [1.29, 1.82) is 0 Å². The predicted molar refractivity (Wildman–Crippen MR) is 64.6 cm³/mol. The molecule has 0 saturated carbocycles. The average Bonchev–Trinajstić information content (AvgIpc) is 2.24. The molecule has 4 heteroatoms. The fourth-order valence-corrected chi connectivity index (χ4v) is 1.50. The number of nitrogens with one attached hydrogen (secondary N) is 1. The minimum Gasteiger partial charge on any atom is -0.478 e. The molecule has 0 aliphatic rings. The molecule has 0 radical (unpaired) electrons. The summed E-state index contributed by atoms with van der Waals surface area (Å²) in [5.74, 6) is -0.933. The van der Waals surface area contributed by atoms with E-state index in [-0.39, 0.29) is 6.04 Å². The van der Waals surface area contributed by atoms with Crippen LogP contribution in [0, 0.1) is 0 Å². The number of rotatable bonds is 5. The van der Waals surface area contributed by atoms with Gasteiger partial charge in [0.2, 0.25) is 0 Å². The van der Waals surface area contributed by atoms with E-state index in [0.717, 1.165) is 11.6 Å². The number of hydrogen-bond donors (Lipinski definition) is 2. The van der Waals surface area contributed by atoms with Gasteiger partial charge in [0.05, 0.1) is 0 Å². The molecule has 1 atom stereocenters. The normalized spacial score (nSPS) is 12.9. The Morgan fingerprint density at radius 3 is 3.00 bits per heavy atom. The molecule has 0 fully saturated rings. The number of aliphatic carboxylic acids is 1. The summed E-state index contributed by atoms with van der Waals surface area (Å²) in [5, 5.41) is 12.3. The highest BCUT2D eigenvalue weighted by Crippen LogP contribution is 2.16. The van der Waals surface area contributed by atoms with Crippen LogP contribution in [0.25, 0.3) is 0 Å². The third-order valence-corrected chi connectivity index (χ3v) is 2.39. The van der Waals surface area contributed by atoms with Crippen LogP contribution in [0.15, 0.2) is 36.4 Å². The number of carboxylic acids is 1. The average molecular weight is 240 g/mol. The fraction of sp³-hybridized carbons (Fsp3) is 0.250. The monoisotopic (exact) mass is 239 g/mol. The van der Waals surface area contributed by atoms with E-state index in [1.54, 1.807) is 6.08 Å². The number of carboxylic acid groups (broad SMARTS) is 1. The smallest absolute Gasteiger partial charge is 0.328 e. The Labute approximate surface area is 99.7 Å². The highest BCUT2D eigenvalue weighted by atomic mass is 35.5. The molecule has 86 valence electrons. The van der Waals surface area contributed by atoms with Crippen molar-refractivity contribution in [3.8, 4) is 0 Å². The van der Waals surface area contributed by atoms with Crippen LogP contribution in [0.1, 0.15) is 18.5 Å². The second-order valence-corrected chi connectivity index (χ2v) is 3.86. The first-order valence-electron chi connectivity index (χ1n) is 4.98. The molecule has 0 heterocycles. The Kier molecular flexibility index (Phi) is 5.02. The summed E-state index contributed by atoms with van der Waals surface area (Å²) < 4.78 is 0. The molecule has 0 aliphatic carbocycles. The highest BCUT2D eigenvalue weighted by Gasteiger charge is 2.03. The molecule has 0 amide bonds. The highest BCUT2D eigenvalue weighted by molar-refractivity contribution is 6.30. The van der Waals surface area contributed by atoms with E-state index in [2.05, 4.69) is 5.32 Å². The van der Waals surface area contributed by atoms with E-state index < -0.39 is 5.97 Å². The maximum atomic E-state index is 10.2. The summed E-state index contributed by atoms with van der Waals surface area (Å²) in [5.41, 5.74) is 1.08. The summed E-state index contributed by atoms with van der Waals surface area (Å²) in [6.07, 6.45) is 2.70. The van der Waals surface area contributed by atoms with Gasteiger partial charge in [-0.15, -0.1) is 0 Å². The van der Waals surface area contributed by atoms with Crippen LogP contribution < -0.4 is 5.32 Å². The molecule has 1 aromatic rings. The van der Waals surface area contributed by atoms with Crippen LogP contribution in [-0.2, 0) is 4.79 Å². The standard InChI is InChI=1S/C12H14ClNO2/c1-9(14-7-3-6-12(15)16)10-4-2-5-11(13)8-10/h2-6,8-9,14H,7H2,1H3,(H,15,16)/b6-3+/t9-/m0/s1. The number of halogens is 1. The van der Waals surface area contributed by atoms with Gasteiger partial charge in [0.25, 0.3) is 0 Å². The Bertz CT molecular complexity index is 390. The Balaban J connectivity index is 2.46. The molecule has 1 aromatic carbocycles. The van der Waals surface area contributed by atoms with Gasteiger partial charge in [-0.1, -0.05) is 29.8 Å². The lowest BCUT2D eigenvalue weighted by atomic mass is 10.1. The summed E-state index contributed by atoms with van der Waals surface area (Å²) in [6.45, 7) is 2.51.